The second-order valence-electron chi connectivity index (χ2n) is 13.8. The van der Waals surface area contributed by atoms with Gasteiger partial charge in [0.1, 0.15) is 11.5 Å². The minimum atomic E-state index is 0.633. The first-order valence-electron chi connectivity index (χ1n) is 18.0. The van der Waals surface area contributed by atoms with Gasteiger partial charge in [-0.25, -0.2) is 4.98 Å². The largest absolute Gasteiger partial charge is 0.397 e. The van der Waals surface area contributed by atoms with Crippen LogP contribution in [0.1, 0.15) is 44.1 Å². The third-order valence-corrected chi connectivity index (χ3v) is 12.4. The third kappa shape index (κ3) is 4.70. The Balaban J connectivity index is 1.26. The van der Waals surface area contributed by atoms with Crippen LogP contribution in [0.3, 0.4) is 0 Å². The highest BCUT2D eigenvalue weighted by molar-refractivity contribution is 8.00. The summed E-state index contributed by atoms with van der Waals surface area (Å²) in [5.74, 6) is 1.56. The molecule has 0 radical (unpaired) electrons. The van der Waals surface area contributed by atoms with Crippen molar-refractivity contribution in [3.63, 3.8) is 0 Å². The first-order chi connectivity index (χ1) is 25.2. The van der Waals surface area contributed by atoms with Gasteiger partial charge in [-0.3, -0.25) is 9.56 Å². The van der Waals surface area contributed by atoms with Crippen LogP contribution in [0, 0.1) is 0 Å². The smallest absolute Gasteiger partial charge is 0.138 e. The molecule has 4 heterocycles. The zero-order valence-electron chi connectivity index (χ0n) is 28.5. The Morgan fingerprint density at radius 1 is 0.745 bits per heavy atom. The number of rotatable bonds is 5. The second kappa shape index (κ2) is 12.0. The van der Waals surface area contributed by atoms with E-state index in [1.165, 1.54) is 63.3 Å². The zero-order chi connectivity index (χ0) is 34.1. The van der Waals surface area contributed by atoms with Crippen LogP contribution >= 0.6 is 11.8 Å². The molecule has 6 heteroatoms. The summed E-state index contributed by atoms with van der Waals surface area (Å²) in [7, 11) is 0. The average molecular weight is 680 g/mol. The van der Waals surface area contributed by atoms with Crippen LogP contribution < -0.4 is 5.73 Å². The number of nitrogens with zero attached hydrogens (tertiary/aromatic N) is 4. The Labute approximate surface area is 301 Å². The molecule has 1 aliphatic carbocycles. The van der Waals surface area contributed by atoms with Gasteiger partial charge in [-0.05, 0) is 85.9 Å². The number of allylic oxidation sites excluding steroid dienone is 2. The third-order valence-electron chi connectivity index (χ3n) is 10.9. The fraction of sp³-hybridized carbons (Fsp3) is 0.156. The molecule has 248 valence electrons. The number of hydrogen-bond acceptors (Lipinski definition) is 4. The van der Waals surface area contributed by atoms with Gasteiger partial charge in [-0.1, -0.05) is 85.6 Å². The Morgan fingerprint density at radius 2 is 1.47 bits per heavy atom. The fourth-order valence-corrected chi connectivity index (χ4v) is 10.2. The highest BCUT2D eigenvalue weighted by atomic mass is 32.2. The Hall–Kier alpha value is -5.59. The van der Waals surface area contributed by atoms with Crippen molar-refractivity contribution in [1.29, 1.82) is 0 Å². The number of hydrogen-bond donors (Lipinski definition) is 1. The summed E-state index contributed by atoms with van der Waals surface area (Å²) in [5, 5.41) is 5.44. The monoisotopic (exact) mass is 679 g/mol. The van der Waals surface area contributed by atoms with Gasteiger partial charge in [0, 0.05) is 43.5 Å². The summed E-state index contributed by atoms with van der Waals surface area (Å²) in [6.45, 7) is 1.99. The highest BCUT2D eigenvalue weighted by Crippen LogP contribution is 2.52. The molecule has 2 aliphatic rings. The molecule has 10 rings (SSSR count). The standard InChI is InChI=1S/C45H37N5S/c1-2-3-26-47-43-35(46)15-10-19-39(43)49-37-17-7-4-12-29(37)32-23-24-33-30-13-5-8-18-38(30)50(45(33)44(32)49)42-21-11-16-36(48-42)28-22-25-41-34(27-28)31-14-6-9-20-40(31)51-41/h2-5,7-8,10-13,15-19,21-27,31,40H,6,9,14,20,46H2,1H3/b3-2-,47-26?. The van der Waals surface area contributed by atoms with Crippen molar-refractivity contribution in [3.8, 4) is 22.8 Å². The van der Waals surface area contributed by atoms with Crippen LogP contribution in [0.2, 0.25) is 0 Å². The summed E-state index contributed by atoms with van der Waals surface area (Å²) < 4.78 is 4.71. The molecule has 5 aromatic carbocycles. The van der Waals surface area contributed by atoms with E-state index in [1.807, 2.05) is 37.4 Å². The second-order valence-corrected chi connectivity index (χ2v) is 15.0. The van der Waals surface area contributed by atoms with Crippen LogP contribution in [0.5, 0.6) is 0 Å². The molecule has 2 unspecified atom stereocenters. The van der Waals surface area contributed by atoms with Gasteiger partial charge in [-0.15, -0.1) is 11.8 Å². The van der Waals surface area contributed by atoms with Crippen molar-refractivity contribution in [2.75, 3.05) is 5.73 Å². The van der Waals surface area contributed by atoms with E-state index in [0.717, 1.165) is 50.2 Å². The Bertz CT molecular complexity index is 2730. The molecule has 3 aromatic heterocycles. The van der Waals surface area contributed by atoms with Crippen molar-refractivity contribution < 1.29 is 0 Å². The van der Waals surface area contributed by atoms with Crippen molar-refractivity contribution in [2.24, 2.45) is 4.99 Å². The molecule has 5 nitrogen and oxygen atoms in total. The first-order valence-corrected chi connectivity index (χ1v) is 18.9. The van der Waals surface area contributed by atoms with E-state index >= 15 is 0 Å². The SMILES string of the molecule is C/C=C\C=Nc1c(N)cccc1-n1c2ccccc2c2ccc3c4ccccc4n(-c4cccc(-c5ccc6c(c5)C5CCCCC5S6)n4)c3c21. The fourth-order valence-electron chi connectivity index (χ4n) is 8.63. The predicted molar refractivity (Wildman–Crippen MR) is 217 cm³/mol. The van der Waals surface area contributed by atoms with Gasteiger partial charge in [-0.2, -0.15) is 0 Å². The lowest BCUT2D eigenvalue weighted by Crippen LogP contribution is -2.15. The van der Waals surface area contributed by atoms with Crippen LogP contribution in [0.25, 0.3) is 66.4 Å². The molecule has 51 heavy (non-hydrogen) atoms. The number of aliphatic imine (C=N–C) groups is 1. The van der Waals surface area contributed by atoms with Gasteiger partial charge < -0.3 is 10.3 Å². The molecule has 2 N–H and O–H groups in total. The van der Waals surface area contributed by atoms with E-state index in [4.69, 9.17) is 15.7 Å². The molecule has 2 atom stereocenters. The molecule has 8 aromatic rings. The summed E-state index contributed by atoms with van der Waals surface area (Å²) in [5.41, 5.74) is 17.1. The lowest BCUT2D eigenvalue weighted by molar-refractivity contribution is 0.461. The van der Waals surface area contributed by atoms with E-state index in [0.29, 0.717) is 11.6 Å². The molecule has 1 saturated carbocycles. The maximum atomic E-state index is 6.67. The van der Waals surface area contributed by atoms with Crippen LogP contribution in [-0.2, 0) is 0 Å². The quantitative estimate of drug-likeness (QED) is 0.145. The zero-order valence-corrected chi connectivity index (χ0v) is 29.3. The number of para-hydroxylation sites is 3. The minimum Gasteiger partial charge on any atom is -0.397 e. The van der Waals surface area contributed by atoms with Gasteiger partial charge in [0.15, 0.2) is 0 Å². The van der Waals surface area contributed by atoms with E-state index in [-0.39, 0.29) is 0 Å². The molecule has 1 fully saturated rings. The number of nitrogen functional groups attached to an aromatic ring is 1. The molecule has 0 bridgehead atoms. The lowest BCUT2D eigenvalue weighted by Gasteiger charge is -2.24. The maximum Gasteiger partial charge on any atom is 0.138 e. The highest BCUT2D eigenvalue weighted by Gasteiger charge is 2.35. The Morgan fingerprint density at radius 3 is 2.27 bits per heavy atom. The number of thioether (sulfide) groups is 1. The summed E-state index contributed by atoms with van der Waals surface area (Å²) in [6.07, 6.45) is 11.0. The van der Waals surface area contributed by atoms with Gasteiger partial charge in [0.2, 0.25) is 0 Å². The Kier molecular flexibility index (Phi) is 7.14. The molecule has 0 spiro atoms. The van der Waals surface area contributed by atoms with Crippen LogP contribution in [0.4, 0.5) is 11.4 Å². The van der Waals surface area contributed by atoms with Crippen molar-refractivity contribution >= 4 is 73.0 Å². The number of benzene rings is 5. The maximum absolute atomic E-state index is 6.67. The summed E-state index contributed by atoms with van der Waals surface area (Å²) in [4.78, 5) is 11.8. The lowest BCUT2D eigenvalue weighted by atomic mass is 9.83. The number of anilines is 1. The van der Waals surface area contributed by atoms with E-state index in [2.05, 4.69) is 124 Å². The summed E-state index contributed by atoms with van der Waals surface area (Å²) in [6, 6.07) is 41.4. The van der Waals surface area contributed by atoms with Gasteiger partial charge in [0.05, 0.1) is 39.1 Å². The van der Waals surface area contributed by atoms with E-state index in [1.54, 1.807) is 0 Å². The van der Waals surface area contributed by atoms with Crippen molar-refractivity contribution in [2.45, 2.75) is 48.7 Å². The summed E-state index contributed by atoms with van der Waals surface area (Å²) >= 11 is 2.09. The molecular formula is C45H37N5S. The van der Waals surface area contributed by atoms with E-state index < -0.39 is 0 Å². The minimum absolute atomic E-state index is 0.633. The number of pyridine rings is 1. The van der Waals surface area contributed by atoms with Gasteiger partial charge >= 0.3 is 0 Å². The molecule has 1 aliphatic heterocycles. The average Bonchev–Trinajstić information content (AvgIpc) is 3.83. The predicted octanol–water partition coefficient (Wildman–Crippen LogP) is 11.9. The normalized spacial score (nSPS) is 17.4. The number of nitrogens with two attached hydrogens (primary N) is 1. The van der Waals surface area contributed by atoms with Crippen LogP contribution in [0.15, 0.2) is 137 Å². The topological polar surface area (TPSA) is 61.1 Å². The van der Waals surface area contributed by atoms with Crippen molar-refractivity contribution in [1.82, 2.24) is 14.1 Å². The number of aromatic nitrogens is 3. The molecule has 0 amide bonds. The van der Waals surface area contributed by atoms with E-state index in [9.17, 15) is 0 Å². The van der Waals surface area contributed by atoms with Crippen LogP contribution in [-0.4, -0.2) is 25.6 Å². The first kappa shape index (κ1) is 30.3. The van der Waals surface area contributed by atoms with Gasteiger partial charge in [0.25, 0.3) is 0 Å². The molecular weight excluding hydrogens is 643 g/mol. The van der Waals surface area contributed by atoms with Crippen molar-refractivity contribution in [3.05, 3.63) is 133 Å². The molecule has 0 saturated heterocycles. The number of fused-ring (bicyclic) bond motifs is 10.